The van der Waals surface area contributed by atoms with Gasteiger partial charge in [0.25, 0.3) is 5.91 Å². The first-order valence-corrected chi connectivity index (χ1v) is 7.88. The van der Waals surface area contributed by atoms with E-state index in [1.807, 2.05) is 0 Å². The lowest BCUT2D eigenvalue weighted by Crippen LogP contribution is -2.35. The molecule has 1 aromatic heterocycles. The first kappa shape index (κ1) is 15.2. The van der Waals surface area contributed by atoms with Crippen molar-refractivity contribution in [3.05, 3.63) is 32.9 Å². The van der Waals surface area contributed by atoms with E-state index in [1.54, 1.807) is 0 Å². The number of thiocarbonyl (C=S) groups is 1. The number of hydrogen-bond donors (Lipinski definition) is 0. The molecule has 7 nitrogen and oxygen atoms in total. The minimum atomic E-state index is -0.625. The summed E-state index contributed by atoms with van der Waals surface area (Å²) in [6, 6.07) is 2.70. The van der Waals surface area contributed by atoms with Crippen LogP contribution in [0.5, 0.6) is 0 Å². The Bertz CT molecular complexity index is 663. The second-order valence-corrected chi connectivity index (χ2v) is 6.54. The summed E-state index contributed by atoms with van der Waals surface area (Å²) in [4.78, 5) is 24.2. The fraction of sp³-hybridized carbons (Fsp3) is 0.385. The van der Waals surface area contributed by atoms with Gasteiger partial charge in [-0.15, -0.1) is 0 Å². The van der Waals surface area contributed by atoms with Gasteiger partial charge in [0, 0.05) is 12.7 Å². The molecule has 9 heteroatoms. The number of furan rings is 1. The number of amides is 1. The van der Waals surface area contributed by atoms with Crippen LogP contribution in [0.25, 0.3) is 6.08 Å². The molecule has 0 saturated carbocycles. The number of nitrogens with zero attached hydrogens (tertiary/aromatic N) is 2. The van der Waals surface area contributed by atoms with Gasteiger partial charge in [0.05, 0.1) is 23.6 Å². The molecule has 1 aromatic rings. The minimum Gasteiger partial charge on any atom is -0.401 e. The molecule has 0 aromatic carbocycles. The maximum Gasteiger partial charge on any atom is 0.433 e. The molecule has 2 saturated heterocycles. The number of ether oxygens (including phenoxy) is 1. The largest absolute Gasteiger partial charge is 0.433 e. The average molecular weight is 340 g/mol. The third-order valence-corrected chi connectivity index (χ3v) is 4.73. The molecule has 0 aliphatic carbocycles. The molecule has 3 heterocycles. The van der Waals surface area contributed by atoms with Gasteiger partial charge in [-0.2, -0.15) is 0 Å². The molecule has 1 amide bonds. The van der Waals surface area contributed by atoms with Gasteiger partial charge >= 0.3 is 5.88 Å². The summed E-state index contributed by atoms with van der Waals surface area (Å²) in [6.07, 6.45) is 3.40. The van der Waals surface area contributed by atoms with Crippen LogP contribution in [-0.4, -0.2) is 39.3 Å². The van der Waals surface area contributed by atoms with Crippen LogP contribution in [-0.2, 0) is 9.53 Å². The van der Waals surface area contributed by atoms with Crippen molar-refractivity contribution in [2.75, 3.05) is 13.2 Å². The Labute approximate surface area is 135 Å². The fourth-order valence-corrected chi connectivity index (χ4v) is 3.55. The molecule has 0 unspecified atom stereocenters. The number of carbonyl (C=O) groups is 1. The summed E-state index contributed by atoms with van der Waals surface area (Å²) in [7, 11) is 0. The van der Waals surface area contributed by atoms with Crippen LogP contribution in [0, 0.1) is 10.1 Å². The van der Waals surface area contributed by atoms with Gasteiger partial charge in [0.1, 0.15) is 15.0 Å². The molecule has 1 atom stereocenters. The molecule has 3 rings (SSSR count). The highest BCUT2D eigenvalue weighted by molar-refractivity contribution is 8.26. The maximum atomic E-state index is 12.4. The Morgan fingerprint density at radius 2 is 2.36 bits per heavy atom. The zero-order chi connectivity index (χ0) is 15.7. The van der Waals surface area contributed by atoms with Crippen LogP contribution in [0.4, 0.5) is 5.88 Å². The van der Waals surface area contributed by atoms with Crippen molar-refractivity contribution in [2.45, 2.75) is 18.9 Å². The fourth-order valence-electron chi connectivity index (χ4n) is 2.30. The number of thioether (sulfide) groups is 1. The standard InChI is InChI=1S/C13H12N2O5S2/c16-12-10(6-8-3-4-11(20-8)15(17)18)22-13(21)14(12)7-9-2-1-5-19-9/h3-4,6,9H,1-2,5,7H2/b10-6-/t9-/m0/s1. The van der Waals surface area contributed by atoms with Gasteiger partial charge in [-0.05, 0) is 18.9 Å². The summed E-state index contributed by atoms with van der Waals surface area (Å²) in [5.74, 6) is -0.324. The van der Waals surface area contributed by atoms with E-state index in [-0.39, 0.29) is 23.7 Å². The minimum absolute atomic E-state index is 0.0200. The van der Waals surface area contributed by atoms with Gasteiger partial charge in [-0.25, -0.2) is 0 Å². The van der Waals surface area contributed by atoms with Crippen LogP contribution in [0.3, 0.4) is 0 Å². The van der Waals surface area contributed by atoms with Gasteiger partial charge in [0.2, 0.25) is 0 Å². The van der Waals surface area contributed by atoms with Crippen molar-refractivity contribution >= 4 is 46.2 Å². The lowest BCUT2D eigenvalue weighted by atomic mass is 10.2. The average Bonchev–Trinajstić information content (AvgIpc) is 3.18. The Morgan fingerprint density at radius 3 is 3.00 bits per heavy atom. The van der Waals surface area contributed by atoms with E-state index in [1.165, 1.54) is 23.1 Å². The van der Waals surface area contributed by atoms with Crippen LogP contribution < -0.4 is 0 Å². The SMILES string of the molecule is O=C1/C(=C/c2ccc([N+](=O)[O-])o2)SC(=S)N1C[C@@H]1CCCO1. The lowest BCUT2D eigenvalue weighted by Gasteiger charge is -2.18. The van der Waals surface area contributed by atoms with Crippen LogP contribution in [0.2, 0.25) is 0 Å². The third kappa shape index (κ3) is 3.06. The first-order valence-electron chi connectivity index (χ1n) is 6.66. The van der Waals surface area contributed by atoms with E-state index in [4.69, 9.17) is 21.4 Å². The van der Waals surface area contributed by atoms with Gasteiger partial charge < -0.3 is 9.15 Å². The normalized spacial score (nSPS) is 23.7. The van der Waals surface area contributed by atoms with Crippen molar-refractivity contribution in [1.82, 2.24) is 4.90 Å². The van der Waals surface area contributed by atoms with E-state index in [2.05, 4.69) is 0 Å². The first-order chi connectivity index (χ1) is 10.5. The van der Waals surface area contributed by atoms with Crippen LogP contribution in [0.1, 0.15) is 18.6 Å². The highest BCUT2D eigenvalue weighted by atomic mass is 32.2. The highest BCUT2D eigenvalue weighted by Gasteiger charge is 2.34. The van der Waals surface area contributed by atoms with E-state index in [0.717, 1.165) is 24.6 Å². The molecular formula is C13H12N2O5S2. The summed E-state index contributed by atoms with van der Waals surface area (Å²) in [5, 5.41) is 10.6. The van der Waals surface area contributed by atoms with Crippen molar-refractivity contribution < 1.29 is 18.9 Å². The Hall–Kier alpha value is -1.71. The monoisotopic (exact) mass is 340 g/mol. The summed E-state index contributed by atoms with van der Waals surface area (Å²) in [6.45, 7) is 1.16. The zero-order valence-corrected chi connectivity index (χ0v) is 13.0. The second kappa shape index (κ2) is 6.19. The highest BCUT2D eigenvalue weighted by Crippen LogP contribution is 2.34. The quantitative estimate of drug-likeness (QED) is 0.360. The van der Waals surface area contributed by atoms with Crippen molar-refractivity contribution in [3.63, 3.8) is 0 Å². The summed E-state index contributed by atoms with van der Waals surface area (Å²) in [5.41, 5.74) is 0. The van der Waals surface area contributed by atoms with Crippen LogP contribution >= 0.6 is 24.0 Å². The van der Waals surface area contributed by atoms with E-state index >= 15 is 0 Å². The molecule has 116 valence electrons. The second-order valence-electron chi connectivity index (χ2n) is 4.86. The van der Waals surface area contributed by atoms with E-state index in [0.29, 0.717) is 22.4 Å². The molecule has 0 radical (unpaired) electrons. The number of carbonyl (C=O) groups excluding carboxylic acids is 1. The van der Waals surface area contributed by atoms with Gasteiger partial charge in [0.15, 0.2) is 0 Å². The zero-order valence-electron chi connectivity index (χ0n) is 11.4. The Kier molecular flexibility index (Phi) is 4.27. The van der Waals surface area contributed by atoms with E-state index < -0.39 is 4.92 Å². The van der Waals surface area contributed by atoms with Gasteiger partial charge in [-0.1, -0.05) is 24.0 Å². The van der Waals surface area contributed by atoms with Crippen molar-refractivity contribution in [1.29, 1.82) is 0 Å². The number of nitro groups is 1. The van der Waals surface area contributed by atoms with E-state index in [9.17, 15) is 14.9 Å². The topological polar surface area (TPSA) is 85.8 Å². The lowest BCUT2D eigenvalue weighted by molar-refractivity contribution is -0.402. The molecule has 0 spiro atoms. The molecular weight excluding hydrogens is 328 g/mol. The predicted octanol–water partition coefficient (Wildman–Crippen LogP) is 2.57. The van der Waals surface area contributed by atoms with Crippen molar-refractivity contribution in [2.24, 2.45) is 0 Å². The summed E-state index contributed by atoms with van der Waals surface area (Å²) >= 11 is 6.39. The molecule has 2 fully saturated rings. The van der Waals surface area contributed by atoms with Gasteiger partial charge in [-0.3, -0.25) is 19.8 Å². The molecule has 22 heavy (non-hydrogen) atoms. The third-order valence-electron chi connectivity index (χ3n) is 3.35. The smallest absolute Gasteiger partial charge is 0.401 e. The molecule has 0 bridgehead atoms. The maximum absolute atomic E-state index is 12.4. The Balaban J connectivity index is 1.74. The number of rotatable bonds is 4. The number of hydrogen-bond acceptors (Lipinski definition) is 7. The van der Waals surface area contributed by atoms with Crippen LogP contribution in [0.15, 0.2) is 21.5 Å². The van der Waals surface area contributed by atoms with Crippen molar-refractivity contribution in [3.8, 4) is 0 Å². The Morgan fingerprint density at radius 1 is 1.55 bits per heavy atom. The molecule has 0 N–H and O–H groups in total. The molecule has 2 aliphatic rings. The summed E-state index contributed by atoms with van der Waals surface area (Å²) < 4.78 is 11.0. The molecule has 2 aliphatic heterocycles. The predicted molar refractivity (Wildman–Crippen MR) is 84.2 cm³/mol.